The first-order valence-electron chi connectivity index (χ1n) is 5.05. The highest BCUT2D eigenvalue weighted by molar-refractivity contribution is 7.89. The number of nitrogens with zero attached hydrogens (tertiary/aromatic N) is 2. The molecular formula is C10H11ClN2O6S. The Bertz CT molecular complexity index is 671. The molecule has 0 spiro atoms. The number of hydrogen-bond donors (Lipinski definition) is 0. The van der Waals surface area contributed by atoms with Gasteiger partial charge in [0.05, 0.1) is 25.4 Å². The van der Waals surface area contributed by atoms with Crippen LogP contribution in [0.2, 0.25) is 0 Å². The topological polar surface area (TPSA) is 108 Å². The number of nitro benzene ring substituents is 1. The molecule has 8 nitrogen and oxygen atoms in total. The summed E-state index contributed by atoms with van der Waals surface area (Å²) in [6, 6.07) is 2.35. The van der Waals surface area contributed by atoms with E-state index >= 15 is 0 Å². The van der Waals surface area contributed by atoms with E-state index in [9.17, 15) is 18.5 Å². The Labute approximate surface area is 120 Å². The minimum atomic E-state index is -3.73. The molecule has 1 rings (SSSR count). The van der Waals surface area contributed by atoms with Crippen LogP contribution in [-0.4, -0.2) is 39.0 Å². The van der Waals surface area contributed by atoms with E-state index in [2.05, 4.69) is 4.40 Å². The molecule has 0 aliphatic carbocycles. The van der Waals surface area contributed by atoms with Gasteiger partial charge in [-0.2, -0.15) is 4.40 Å². The molecule has 0 aromatic heterocycles. The summed E-state index contributed by atoms with van der Waals surface area (Å²) >= 11 is 5.74. The van der Waals surface area contributed by atoms with E-state index in [4.69, 9.17) is 21.1 Å². The van der Waals surface area contributed by atoms with Gasteiger partial charge in [0.1, 0.15) is 5.17 Å². The van der Waals surface area contributed by atoms with Gasteiger partial charge in [0.25, 0.3) is 10.0 Å². The predicted octanol–water partition coefficient (Wildman–Crippen LogP) is 1.56. The average Bonchev–Trinajstić information content (AvgIpc) is 2.34. The first-order chi connectivity index (χ1) is 9.19. The normalized spacial score (nSPS) is 12.1. The molecule has 0 heterocycles. The van der Waals surface area contributed by atoms with Crippen molar-refractivity contribution in [3.63, 3.8) is 0 Å². The Hall–Kier alpha value is -1.87. The molecule has 20 heavy (non-hydrogen) atoms. The predicted molar refractivity (Wildman–Crippen MR) is 73.4 cm³/mol. The maximum Gasteiger partial charge on any atom is 0.315 e. The fourth-order valence-corrected chi connectivity index (χ4v) is 2.28. The maximum atomic E-state index is 11.0. The Kier molecular flexibility index (Phi) is 4.90. The SMILES string of the molecule is COc1cc(C(Cl)=NS(C)(=O)=O)cc([N+](=O)[O-])c1OC. The van der Waals surface area contributed by atoms with Crippen LogP contribution in [0.4, 0.5) is 5.69 Å². The van der Waals surface area contributed by atoms with E-state index < -0.39 is 25.8 Å². The lowest BCUT2D eigenvalue weighted by Crippen LogP contribution is -2.03. The third kappa shape index (κ3) is 3.81. The van der Waals surface area contributed by atoms with Gasteiger partial charge in [0, 0.05) is 11.6 Å². The molecule has 0 bridgehead atoms. The van der Waals surface area contributed by atoms with Crippen molar-refractivity contribution < 1.29 is 22.8 Å². The molecule has 0 amide bonds. The van der Waals surface area contributed by atoms with Crippen molar-refractivity contribution in [3.8, 4) is 11.5 Å². The van der Waals surface area contributed by atoms with Gasteiger partial charge < -0.3 is 9.47 Å². The molecule has 0 aliphatic heterocycles. The Morgan fingerprint density at radius 3 is 2.35 bits per heavy atom. The second-order valence-corrected chi connectivity index (χ2v) is 5.61. The van der Waals surface area contributed by atoms with Gasteiger partial charge in [-0.15, -0.1) is 0 Å². The molecule has 0 N–H and O–H groups in total. The van der Waals surface area contributed by atoms with Gasteiger partial charge in [-0.3, -0.25) is 10.1 Å². The van der Waals surface area contributed by atoms with Crippen molar-refractivity contribution in [1.82, 2.24) is 0 Å². The zero-order chi connectivity index (χ0) is 15.5. The Morgan fingerprint density at radius 1 is 1.35 bits per heavy atom. The number of ether oxygens (including phenoxy) is 2. The summed E-state index contributed by atoms with van der Waals surface area (Å²) < 4.78 is 35.2. The monoisotopic (exact) mass is 322 g/mol. The molecular weight excluding hydrogens is 312 g/mol. The van der Waals surface area contributed by atoms with E-state index in [0.717, 1.165) is 12.3 Å². The fraction of sp³-hybridized carbons (Fsp3) is 0.300. The molecule has 0 unspecified atom stereocenters. The highest BCUT2D eigenvalue weighted by Gasteiger charge is 2.23. The lowest BCUT2D eigenvalue weighted by atomic mass is 10.2. The highest BCUT2D eigenvalue weighted by atomic mass is 35.5. The second-order valence-electron chi connectivity index (χ2n) is 3.60. The summed E-state index contributed by atoms with van der Waals surface area (Å²) in [6.07, 6.45) is 0.852. The number of rotatable bonds is 5. The average molecular weight is 323 g/mol. The van der Waals surface area contributed by atoms with Crippen molar-refractivity contribution in [3.05, 3.63) is 27.8 Å². The minimum absolute atomic E-state index is 0.0291. The van der Waals surface area contributed by atoms with Gasteiger partial charge >= 0.3 is 5.69 Å². The highest BCUT2D eigenvalue weighted by Crippen LogP contribution is 2.38. The van der Waals surface area contributed by atoms with Crippen LogP contribution in [0.25, 0.3) is 0 Å². The number of hydrogen-bond acceptors (Lipinski definition) is 6. The molecule has 0 saturated heterocycles. The summed E-state index contributed by atoms with van der Waals surface area (Å²) in [5.74, 6) is -0.0522. The van der Waals surface area contributed by atoms with Crippen molar-refractivity contribution in [1.29, 1.82) is 0 Å². The van der Waals surface area contributed by atoms with E-state index in [1.54, 1.807) is 0 Å². The molecule has 0 atom stereocenters. The number of benzene rings is 1. The van der Waals surface area contributed by atoms with E-state index in [-0.39, 0.29) is 17.1 Å². The number of sulfonamides is 1. The van der Waals surface area contributed by atoms with Crippen LogP contribution in [-0.2, 0) is 10.0 Å². The molecule has 0 radical (unpaired) electrons. The first-order valence-corrected chi connectivity index (χ1v) is 7.28. The lowest BCUT2D eigenvalue weighted by Gasteiger charge is -2.09. The standard InChI is InChI=1S/C10H11ClN2O6S/c1-18-8-5-6(10(11)12-20(3,16)17)4-7(13(14)15)9(8)19-2/h4-5H,1-3H3. The van der Waals surface area contributed by atoms with Crippen LogP contribution >= 0.6 is 11.6 Å². The third-order valence-electron chi connectivity index (χ3n) is 2.14. The summed E-state index contributed by atoms with van der Waals surface area (Å²) in [6.45, 7) is 0. The zero-order valence-corrected chi connectivity index (χ0v) is 12.4. The molecule has 1 aromatic carbocycles. The van der Waals surface area contributed by atoms with Crippen LogP contribution in [0.3, 0.4) is 0 Å². The van der Waals surface area contributed by atoms with E-state index in [1.807, 2.05) is 0 Å². The number of halogens is 1. The summed E-state index contributed by atoms with van der Waals surface area (Å²) in [5.41, 5.74) is -0.384. The van der Waals surface area contributed by atoms with Gasteiger partial charge in [0.2, 0.25) is 5.75 Å². The quantitative estimate of drug-likeness (QED) is 0.462. The van der Waals surface area contributed by atoms with Crippen molar-refractivity contribution >= 4 is 32.5 Å². The molecule has 110 valence electrons. The van der Waals surface area contributed by atoms with Crippen LogP contribution in [0, 0.1) is 10.1 Å². The number of nitro groups is 1. The summed E-state index contributed by atoms with van der Waals surface area (Å²) in [7, 11) is -1.19. The second kappa shape index (κ2) is 6.06. The number of methoxy groups -OCH3 is 2. The molecule has 0 aliphatic rings. The van der Waals surface area contributed by atoms with Crippen LogP contribution in [0.15, 0.2) is 16.5 Å². The smallest absolute Gasteiger partial charge is 0.315 e. The molecule has 1 aromatic rings. The van der Waals surface area contributed by atoms with Gasteiger partial charge in [-0.1, -0.05) is 11.6 Å². The summed E-state index contributed by atoms with van der Waals surface area (Å²) in [4.78, 5) is 10.3. The molecule has 0 fully saturated rings. The Balaban J connectivity index is 3.55. The van der Waals surface area contributed by atoms with E-state index in [0.29, 0.717) is 0 Å². The van der Waals surface area contributed by atoms with Crippen molar-refractivity contribution in [2.45, 2.75) is 0 Å². The third-order valence-corrected chi connectivity index (χ3v) is 3.06. The minimum Gasteiger partial charge on any atom is -0.493 e. The Morgan fingerprint density at radius 2 is 1.95 bits per heavy atom. The first kappa shape index (κ1) is 16.2. The van der Waals surface area contributed by atoms with Gasteiger partial charge in [-0.05, 0) is 6.07 Å². The van der Waals surface area contributed by atoms with Gasteiger partial charge in [0.15, 0.2) is 5.75 Å². The lowest BCUT2D eigenvalue weighted by molar-refractivity contribution is -0.385. The maximum absolute atomic E-state index is 11.0. The largest absolute Gasteiger partial charge is 0.493 e. The fourth-order valence-electron chi connectivity index (χ4n) is 1.40. The van der Waals surface area contributed by atoms with Crippen LogP contribution in [0.5, 0.6) is 11.5 Å². The van der Waals surface area contributed by atoms with Crippen LogP contribution in [0.1, 0.15) is 5.56 Å². The van der Waals surface area contributed by atoms with E-state index in [1.165, 1.54) is 20.3 Å². The summed E-state index contributed by atoms with van der Waals surface area (Å²) in [5, 5.41) is 10.6. The molecule has 10 heteroatoms. The zero-order valence-electron chi connectivity index (χ0n) is 10.8. The van der Waals surface area contributed by atoms with Crippen molar-refractivity contribution in [2.24, 2.45) is 4.40 Å². The van der Waals surface area contributed by atoms with Gasteiger partial charge in [-0.25, -0.2) is 8.42 Å². The van der Waals surface area contributed by atoms with Crippen LogP contribution < -0.4 is 9.47 Å². The van der Waals surface area contributed by atoms with Crippen molar-refractivity contribution in [2.75, 3.05) is 20.5 Å². The molecule has 0 saturated carbocycles.